The first-order valence-electron chi connectivity index (χ1n) is 6.05. The summed E-state index contributed by atoms with van der Waals surface area (Å²) in [5.74, 6) is -2.07. The van der Waals surface area contributed by atoms with Crippen molar-refractivity contribution in [2.75, 3.05) is 0 Å². The van der Waals surface area contributed by atoms with Gasteiger partial charge in [-0.3, -0.25) is 0 Å². The maximum atomic E-state index is 10.1. The van der Waals surface area contributed by atoms with E-state index in [1.807, 2.05) is 12.1 Å². The van der Waals surface area contributed by atoms with Crippen molar-refractivity contribution in [2.45, 2.75) is 12.8 Å². The molecule has 0 aliphatic carbocycles. The fraction of sp³-hybridized carbons (Fsp3) is 0.125. The molecule has 0 aliphatic rings. The molecule has 0 saturated heterocycles. The van der Waals surface area contributed by atoms with Crippen LogP contribution in [0, 0.1) is 0 Å². The van der Waals surface area contributed by atoms with Gasteiger partial charge in [-0.1, -0.05) is 60.7 Å². The van der Waals surface area contributed by atoms with Crippen LogP contribution < -0.4 is 10.2 Å². The number of carbonyl (C=O) groups excluding carboxylic acids is 2. The summed E-state index contributed by atoms with van der Waals surface area (Å²) < 4.78 is 0. The van der Waals surface area contributed by atoms with E-state index in [-0.39, 0.29) is 36.7 Å². The molecule has 21 heavy (non-hydrogen) atoms. The quantitative estimate of drug-likeness (QED) is 0.630. The predicted octanol–water partition coefficient (Wildman–Crippen LogP) is -0.958. The summed E-state index contributed by atoms with van der Waals surface area (Å²) in [4.78, 5) is 20.1. The SMILES string of the molecule is O=C([O-])Cc1ccccc1.O=C([O-])Cc1ccccc1.[SnH2+2]. The number of aliphatic carboxylic acids is 2. The van der Waals surface area contributed by atoms with E-state index in [0.717, 1.165) is 11.1 Å². The first kappa shape index (κ1) is 19.2. The van der Waals surface area contributed by atoms with Crippen LogP contribution in [-0.4, -0.2) is 35.8 Å². The zero-order chi connectivity index (χ0) is 14.8. The third-order valence-electron chi connectivity index (χ3n) is 2.38. The van der Waals surface area contributed by atoms with Gasteiger partial charge < -0.3 is 19.8 Å². The summed E-state index contributed by atoms with van der Waals surface area (Å²) in [7, 11) is 0. The minimum absolute atomic E-state index is 0. The first-order valence-corrected chi connectivity index (χ1v) is 6.05. The summed E-state index contributed by atoms with van der Waals surface area (Å²) in [6.45, 7) is 0. The number of carboxylic acids is 2. The third-order valence-corrected chi connectivity index (χ3v) is 2.38. The van der Waals surface area contributed by atoms with Gasteiger partial charge in [-0.2, -0.15) is 0 Å². The molecule has 0 amide bonds. The fourth-order valence-corrected chi connectivity index (χ4v) is 1.53. The van der Waals surface area contributed by atoms with Crippen LogP contribution in [-0.2, 0) is 22.4 Å². The number of rotatable bonds is 4. The molecule has 0 N–H and O–H groups in total. The number of carbonyl (C=O) groups is 2. The molecule has 0 aromatic heterocycles. The van der Waals surface area contributed by atoms with Crippen LogP contribution in [0.5, 0.6) is 0 Å². The van der Waals surface area contributed by atoms with Crippen LogP contribution in [0.3, 0.4) is 0 Å². The van der Waals surface area contributed by atoms with E-state index < -0.39 is 11.9 Å². The Morgan fingerprint density at radius 2 is 0.952 bits per heavy atom. The number of hydrogen-bond acceptors (Lipinski definition) is 4. The van der Waals surface area contributed by atoms with Gasteiger partial charge in [0.1, 0.15) is 0 Å². The molecule has 0 atom stereocenters. The fourth-order valence-electron chi connectivity index (χ4n) is 1.53. The van der Waals surface area contributed by atoms with Crippen LogP contribution >= 0.6 is 0 Å². The van der Waals surface area contributed by atoms with Crippen LogP contribution in [0.15, 0.2) is 60.7 Å². The van der Waals surface area contributed by atoms with Gasteiger partial charge in [-0.05, 0) is 11.1 Å². The van der Waals surface area contributed by atoms with Crippen molar-refractivity contribution in [3.8, 4) is 0 Å². The molecular formula is C16H16O4Sn. The number of carboxylic acid groups (broad SMARTS) is 2. The number of benzene rings is 2. The van der Waals surface area contributed by atoms with Gasteiger partial charge in [0.15, 0.2) is 0 Å². The normalized spacial score (nSPS) is 8.76. The Kier molecular flexibility index (Phi) is 9.96. The van der Waals surface area contributed by atoms with E-state index >= 15 is 0 Å². The summed E-state index contributed by atoms with van der Waals surface area (Å²) in [6, 6.07) is 17.9. The maximum absolute atomic E-state index is 10.1. The summed E-state index contributed by atoms with van der Waals surface area (Å²) in [6.07, 6.45) is 0.00167. The van der Waals surface area contributed by atoms with Gasteiger partial charge in [-0.25, -0.2) is 0 Å². The molecule has 2 aromatic rings. The molecule has 0 spiro atoms. The molecule has 108 valence electrons. The van der Waals surface area contributed by atoms with E-state index in [2.05, 4.69) is 0 Å². The van der Waals surface area contributed by atoms with Gasteiger partial charge >= 0.3 is 23.9 Å². The van der Waals surface area contributed by atoms with Crippen molar-refractivity contribution >= 4 is 35.8 Å². The van der Waals surface area contributed by atoms with Gasteiger partial charge in [-0.15, -0.1) is 0 Å². The molecule has 5 heteroatoms. The van der Waals surface area contributed by atoms with Crippen molar-refractivity contribution in [3.05, 3.63) is 71.8 Å². The Balaban J connectivity index is 0.000000364. The Labute approximate surface area is 140 Å². The van der Waals surface area contributed by atoms with Crippen LogP contribution in [0.2, 0.25) is 0 Å². The summed E-state index contributed by atoms with van der Waals surface area (Å²) in [5.41, 5.74) is 1.56. The standard InChI is InChI=1S/2C8H8O2.Sn.2H/c2*9-8(10)6-7-4-2-1-3-5-7;;;/h2*1-5H,6H2,(H,9,10);;;/q;;+2;;/p-2. The first-order chi connectivity index (χ1) is 9.58. The number of hydrogen-bond donors (Lipinski definition) is 0. The predicted molar refractivity (Wildman–Crippen MR) is 78.9 cm³/mol. The molecule has 0 saturated carbocycles. The van der Waals surface area contributed by atoms with Gasteiger partial charge in [0.2, 0.25) is 0 Å². The van der Waals surface area contributed by atoms with E-state index in [0.29, 0.717) is 0 Å². The molecule has 0 unspecified atom stereocenters. The minimum atomic E-state index is -1.04. The van der Waals surface area contributed by atoms with E-state index in [4.69, 9.17) is 0 Å². The van der Waals surface area contributed by atoms with Crippen molar-refractivity contribution in [1.29, 1.82) is 0 Å². The topological polar surface area (TPSA) is 80.3 Å². The van der Waals surface area contributed by atoms with Crippen LogP contribution in [0.4, 0.5) is 0 Å². The summed E-state index contributed by atoms with van der Waals surface area (Å²) >= 11 is 0. The Morgan fingerprint density at radius 3 is 1.19 bits per heavy atom. The van der Waals surface area contributed by atoms with Crippen LogP contribution in [0.1, 0.15) is 11.1 Å². The summed E-state index contributed by atoms with van der Waals surface area (Å²) in [5, 5.41) is 20.1. The third kappa shape index (κ3) is 9.67. The Bertz CT molecular complexity index is 489. The van der Waals surface area contributed by atoms with E-state index in [1.54, 1.807) is 48.5 Å². The zero-order valence-corrected chi connectivity index (χ0v) is 15.6. The van der Waals surface area contributed by atoms with Gasteiger partial charge in [0, 0.05) is 24.8 Å². The molecule has 0 bridgehead atoms. The van der Waals surface area contributed by atoms with Crippen molar-refractivity contribution < 1.29 is 19.8 Å². The molecule has 0 radical (unpaired) electrons. The van der Waals surface area contributed by atoms with Crippen molar-refractivity contribution in [2.24, 2.45) is 0 Å². The second kappa shape index (κ2) is 10.9. The van der Waals surface area contributed by atoms with Gasteiger partial charge in [0.05, 0.1) is 0 Å². The molecule has 2 rings (SSSR count). The van der Waals surface area contributed by atoms with Crippen molar-refractivity contribution in [3.63, 3.8) is 0 Å². The molecule has 0 aliphatic heterocycles. The van der Waals surface area contributed by atoms with E-state index in [1.165, 1.54) is 0 Å². The molecular weight excluding hydrogens is 375 g/mol. The van der Waals surface area contributed by atoms with Crippen LogP contribution in [0.25, 0.3) is 0 Å². The second-order valence-corrected chi connectivity index (χ2v) is 4.07. The van der Waals surface area contributed by atoms with Gasteiger partial charge in [0.25, 0.3) is 0 Å². The average Bonchev–Trinajstić information content (AvgIpc) is 2.40. The zero-order valence-electron chi connectivity index (χ0n) is 11.5. The molecule has 4 nitrogen and oxygen atoms in total. The monoisotopic (exact) mass is 392 g/mol. The molecule has 2 aromatic carbocycles. The van der Waals surface area contributed by atoms with Crippen molar-refractivity contribution in [1.82, 2.24) is 0 Å². The van der Waals surface area contributed by atoms with E-state index in [9.17, 15) is 19.8 Å². The second-order valence-electron chi connectivity index (χ2n) is 4.07. The Hall–Kier alpha value is -1.82. The molecule has 0 heterocycles. The molecule has 0 fully saturated rings. The Morgan fingerprint density at radius 1 is 0.667 bits per heavy atom. The average molecular weight is 391 g/mol.